The molecule has 8 heteroatoms. The van der Waals surface area contributed by atoms with E-state index in [-0.39, 0.29) is 12.0 Å². The van der Waals surface area contributed by atoms with Gasteiger partial charge in [0.1, 0.15) is 0 Å². The van der Waals surface area contributed by atoms with Crippen molar-refractivity contribution in [1.29, 1.82) is 0 Å². The van der Waals surface area contributed by atoms with Crippen LogP contribution < -0.4 is 5.73 Å². The summed E-state index contributed by atoms with van der Waals surface area (Å²) in [5, 5.41) is 0. The topological polar surface area (TPSA) is 43.1 Å². The van der Waals surface area contributed by atoms with Gasteiger partial charge in [0.05, 0.1) is 16.7 Å². The van der Waals surface area contributed by atoms with Crippen molar-refractivity contribution in [3.63, 3.8) is 0 Å². The molecule has 0 bridgehead atoms. The van der Waals surface area contributed by atoms with Gasteiger partial charge >= 0.3 is 12.4 Å². The lowest BCUT2D eigenvalue weighted by Gasteiger charge is -2.18. The molecule has 0 saturated carbocycles. The van der Waals surface area contributed by atoms with Crippen molar-refractivity contribution in [2.45, 2.75) is 25.7 Å². The molecular weight excluding hydrogens is 276 g/mol. The fraction of sp³-hybridized carbons (Fsp3) is 0.364. The molecular formula is C11H9F6NO. The number of hydrogen-bond donors (Lipinski definition) is 1. The van der Waals surface area contributed by atoms with Gasteiger partial charge < -0.3 is 5.73 Å². The molecule has 0 heterocycles. The molecule has 0 unspecified atom stereocenters. The Morgan fingerprint density at radius 3 is 1.63 bits per heavy atom. The minimum atomic E-state index is -5.09. The number of aryl methyl sites for hydroxylation is 1. The number of primary amides is 1. The first-order valence-electron chi connectivity index (χ1n) is 5.09. The van der Waals surface area contributed by atoms with Gasteiger partial charge in [0.2, 0.25) is 5.91 Å². The van der Waals surface area contributed by atoms with E-state index >= 15 is 0 Å². The SMILES string of the molecule is CCc1cc(C(F)(F)F)c(C(N)=O)c(C(F)(F)F)c1. The van der Waals surface area contributed by atoms with E-state index in [1.54, 1.807) is 0 Å². The molecule has 1 aromatic carbocycles. The van der Waals surface area contributed by atoms with Crippen LogP contribution in [0.1, 0.15) is 34.0 Å². The molecule has 0 saturated heterocycles. The molecule has 0 atom stereocenters. The number of alkyl halides is 6. The highest BCUT2D eigenvalue weighted by Gasteiger charge is 2.42. The van der Waals surface area contributed by atoms with E-state index in [0.29, 0.717) is 12.1 Å². The van der Waals surface area contributed by atoms with E-state index in [1.165, 1.54) is 6.92 Å². The third-order valence-electron chi connectivity index (χ3n) is 2.46. The Hall–Kier alpha value is -1.73. The molecule has 0 fully saturated rings. The van der Waals surface area contributed by atoms with Gasteiger partial charge in [-0.25, -0.2) is 0 Å². The molecule has 0 aliphatic rings. The van der Waals surface area contributed by atoms with Crippen molar-refractivity contribution < 1.29 is 31.1 Å². The summed E-state index contributed by atoms with van der Waals surface area (Å²) in [6.45, 7) is 1.40. The van der Waals surface area contributed by atoms with E-state index in [0.717, 1.165) is 0 Å². The van der Waals surface area contributed by atoms with Crippen molar-refractivity contribution in [1.82, 2.24) is 0 Å². The van der Waals surface area contributed by atoms with Gasteiger partial charge in [0.25, 0.3) is 0 Å². The maximum absolute atomic E-state index is 12.7. The van der Waals surface area contributed by atoms with Gasteiger partial charge in [-0.15, -0.1) is 0 Å². The molecule has 0 spiro atoms. The van der Waals surface area contributed by atoms with Crippen LogP contribution in [0.2, 0.25) is 0 Å². The largest absolute Gasteiger partial charge is 0.417 e. The Bertz CT molecular complexity index is 468. The number of nitrogens with two attached hydrogens (primary N) is 1. The molecule has 2 N–H and O–H groups in total. The molecule has 0 aromatic heterocycles. The molecule has 0 aliphatic carbocycles. The van der Waals surface area contributed by atoms with Gasteiger partial charge in [-0.3, -0.25) is 4.79 Å². The van der Waals surface area contributed by atoms with Gasteiger partial charge in [-0.1, -0.05) is 6.92 Å². The second-order valence-electron chi connectivity index (χ2n) is 3.78. The number of carbonyl (C=O) groups excluding carboxylic acids is 1. The van der Waals surface area contributed by atoms with Crippen LogP contribution in [0.5, 0.6) is 0 Å². The van der Waals surface area contributed by atoms with E-state index in [9.17, 15) is 31.1 Å². The molecule has 0 aliphatic heterocycles. The minimum absolute atomic E-state index is 0.0365. The average Bonchev–Trinajstić information content (AvgIpc) is 2.24. The summed E-state index contributed by atoms with van der Waals surface area (Å²) < 4.78 is 76.3. The van der Waals surface area contributed by atoms with Crippen LogP contribution in [0.25, 0.3) is 0 Å². The number of halogens is 6. The Morgan fingerprint density at radius 1 is 1.05 bits per heavy atom. The maximum Gasteiger partial charge on any atom is 0.417 e. The first kappa shape index (κ1) is 15.3. The fourth-order valence-corrected chi connectivity index (χ4v) is 1.62. The monoisotopic (exact) mass is 285 g/mol. The van der Waals surface area contributed by atoms with Crippen LogP contribution in [0.4, 0.5) is 26.3 Å². The minimum Gasteiger partial charge on any atom is -0.366 e. The predicted octanol–water partition coefficient (Wildman–Crippen LogP) is 3.39. The van der Waals surface area contributed by atoms with Gasteiger partial charge in [0.15, 0.2) is 0 Å². The summed E-state index contributed by atoms with van der Waals surface area (Å²) in [7, 11) is 0. The molecule has 1 amide bonds. The lowest BCUT2D eigenvalue weighted by Crippen LogP contribution is -2.25. The second kappa shape index (κ2) is 4.75. The Morgan fingerprint density at radius 2 is 1.42 bits per heavy atom. The highest BCUT2D eigenvalue weighted by atomic mass is 19.4. The fourth-order valence-electron chi connectivity index (χ4n) is 1.62. The van der Waals surface area contributed by atoms with Crippen LogP contribution in [-0.2, 0) is 18.8 Å². The Kier molecular flexibility index (Phi) is 3.83. The quantitative estimate of drug-likeness (QED) is 0.832. The molecule has 0 radical (unpaired) electrons. The summed E-state index contributed by atoms with van der Waals surface area (Å²) in [5.41, 5.74) is -0.380. The molecule has 19 heavy (non-hydrogen) atoms. The van der Waals surface area contributed by atoms with Gasteiger partial charge in [-0.05, 0) is 24.1 Å². The summed E-state index contributed by atoms with van der Waals surface area (Å²) in [6, 6.07) is 1.02. The average molecular weight is 285 g/mol. The van der Waals surface area contributed by atoms with Gasteiger partial charge in [-0.2, -0.15) is 26.3 Å². The van der Waals surface area contributed by atoms with Crippen LogP contribution in [0, 0.1) is 0 Å². The summed E-state index contributed by atoms with van der Waals surface area (Å²) >= 11 is 0. The maximum atomic E-state index is 12.7. The van der Waals surface area contributed by atoms with Crippen LogP contribution in [0.3, 0.4) is 0 Å². The standard InChI is InChI=1S/C11H9F6NO/c1-2-5-3-6(10(12,13)14)8(9(18)19)7(4-5)11(15,16)17/h3-4H,2H2,1H3,(H2,18,19). The molecule has 106 valence electrons. The summed E-state index contributed by atoms with van der Waals surface area (Å²) in [4.78, 5) is 11.0. The lowest BCUT2D eigenvalue weighted by atomic mass is 9.95. The van der Waals surface area contributed by atoms with E-state index in [1.807, 2.05) is 0 Å². The smallest absolute Gasteiger partial charge is 0.366 e. The van der Waals surface area contributed by atoms with E-state index in [4.69, 9.17) is 0 Å². The van der Waals surface area contributed by atoms with Crippen molar-refractivity contribution >= 4 is 5.91 Å². The predicted molar refractivity (Wildman–Crippen MR) is 54.3 cm³/mol. The Labute approximate surface area is 104 Å². The number of amides is 1. The molecule has 1 rings (SSSR count). The third-order valence-corrected chi connectivity index (χ3v) is 2.46. The first-order chi connectivity index (χ1) is 8.48. The molecule has 2 nitrogen and oxygen atoms in total. The van der Waals surface area contributed by atoms with Crippen molar-refractivity contribution in [2.24, 2.45) is 5.73 Å². The number of benzene rings is 1. The number of hydrogen-bond acceptors (Lipinski definition) is 1. The lowest BCUT2D eigenvalue weighted by molar-refractivity contribution is -0.143. The molecule has 1 aromatic rings. The highest BCUT2D eigenvalue weighted by molar-refractivity contribution is 5.96. The summed E-state index contributed by atoms with van der Waals surface area (Å²) in [5.74, 6) is -1.76. The van der Waals surface area contributed by atoms with E-state index in [2.05, 4.69) is 5.73 Å². The highest BCUT2D eigenvalue weighted by Crippen LogP contribution is 2.40. The number of carbonyl (C=O) groups is 1. The normalized spacial score (nSPS) is 12.6. The van der Waals surface area contributed by atoms with Crippen LogP contribution >= 0.6 is 0 Å². The second-order valence-corrected chi connectivity index (χ2v) is 3.78. The van der Waals surface area contributed by atoms with Crippen LogP contribution in [-0.4, -0.2) is 5.91 Å². The first-order valence-corrected chi connectivity index (χ1v) is 5.09. The zero-order valence-electron chi connectivity index (χ0n) is 9.62. The number of rotatable bonds is 2. The van der Waals surface area contributed by atoms with Crippen molar-refractivity contribution in [3.8, 4) is 0 Å². The van der Waals surface area contributed by atoms with E-state index < -0.39 is 35.0 Å². The van der Waals surface area contributed by atoms with Crippen molar-refractivity contribution in [2.75, 3.05) is 0 Å². The summed E-state index contributed by atoms with van der Waals surface area (Å²) in [6.07, 6.45) is -10.2. The van der Waals surface area contributed by atoms with Gasteiger partial charge in [0, 0.05) is 0 Å². The zero-order chi connectivity index (χ0) is 15.0. The third kappa shape index (κ3) is 3.18. The van der Waals surface area contributed by atoms with Crippen LogP contribution in [0.15, 0.2) is 12.1 Å². The van der Waals surface area contributed by atoms with Crippen molar-refractivity contribution in [3.05, 3.63) is 34.4 Å². The Balaban J connectivity index is 3.76. The zero-order valence-corrected chi connectivity index (χ0v) is 9.62.